The molecular formula is C38H52N4O7. The summed E-state index contributed by atoms with van der Waals surface area (Å²) >= 11 is 0. The molecular weight excluding hydrogens is 624 g/mol. The number of carbonyl (C=O) groups excluding carboxylic acids is 2. The van der Waals surface area contributed by atoms with Crippen molar-refractivity contribution in [2.75, 3.05) is 58.2 Å². The van der Waals surface area contributed by atoms with Crippen LogP contribution in [0.25, 0.3) is 0 Å². The average Bonchev–Trinajstić information content (AvgIpc) is 3.10. The molecule has 3 aromatic carbocycles. The van der Waals surface area contributed by atoms with Gasteiger partial charge in [-0.15, -0.1) is 0 Å². The highest BCUT2D eigenvalue weighted by atomic mass is 16.5. The Bertz CT molecular complexity index is 1480. The predicted molar refractivity (Wildman–Crippen MR) is 192 cm³/mol. The number of methoxy groups -OCH3 is 2. The molecule has 49 heavy (non-hydrogen) atoms. The normalized spacial score (nSPS) is 19.6. The van der Waals surface area contributed by atoms with Gasteiger partial charge in [0.15, 0.2) is 0 Å². The molecule has 4 rings (SSSR count). The zero-order valence-corrected chi connectivity index (χ0v) is 29.6. The molecule has 0 unspecified atom stereocenters. The first-order valence-electron chi connectivity index (χ1n) is 17.0. The summed E-state index contributed by atoms with van der Waals surface area (Å²) < 4.78 is 23.3. The van der Waals surface area contributed by atoms with Crippen molar-refractivity contribution in [2.45, 2.75) is 64.8 Å². The Balaban J connectivity index is 1.56. The molecule has 11 heteroatoms. The molecule has 0 saturated heterocycles. The lowest BCUT2D eigenvalue weighted by Gasteiger charge is -2.36. The van der Waals surface area contributed by atoms with Gasteiger partial charge in [-0.1, -0.05) is 19.1 Å². The van der Waals surface area contributed by atoms with Gasteiger partial charge in [-0.2, -0.15) is 0 Å². The summed E-state index contributed by atoms with van der Waals surface area (Å²) in [6.07, 6.45) is 2.27. The second-order valence-corrected chi connectivity index (χ2v) is 12.9. The number of benzene rings is 3. The largest absolute Gasteiger partial charge is 0.497 e. The van der Waals surface area contributed by atoms with Crippen LogP contribution in [0.2, 0.25) is 0 Å². The Kier molecular flexibility index (Phi) is 14.1. The number of hydrogen-bond acceptors (Lipinski definition) is 8. The molecule has 11 nitrogen and oxygen atoms in total. The number of likely N-dealkylation sites (N-methyl/N-ethyl adjacent to an activating group) is 1. The summed E-state index contributed by atoms with van der Waals surface area (Å²) in [5.74, 6) is 1.58. The summed E-state index contributed by atoms with van der Waals surface area (Å²) in [6.45, 7) is 8.04. The van der Waals surface area contributed by atoms with Crippen LogP contribution in [0.15, 0.2) is 66.7 Å². The van der Waals surface area contributed by atoms with Crippen molar-refractivity contribution in [1.82, 2.24) is 9.80 Å². The number of hydrogen-bond donors (Lipinski definition) is 3. The van der Waals surface area contributed by atoms with Crippen molar-refractivity contribution < 1.29 is 33.6 Å². The van der Waals surface area contributed by atoms with Gasteiger partial charge in [0.05, 0.1) is 44.6 Å². The van der Waals surface area contributed by atoms with Crippen molar-refractivity contribution in [3.63, 3.8) is 0 Å². The molecule has 0 radical (unpaired) electrons. The van der Waals surface area contributed by atoms with Crippen molar-refractivity contribution in [1.29, 1.82) is 0 Å². The van der Waals surface area contributed by atoms with Crippen molar-refractivity contribution in [3.8, 4) is 17.2 Å². The van der Waals surface area contributed by atoms with E-state index in [1.165, 1.54) is 0 Å². The van der Waals surface area contributed by atoms with Crippen LogP contribution in [0.3, 0.4) is 0 Å². The third kappa shape index (κ3) is 11.1. The number of urea groups is 1. The van der Waals surface area contributed by atoms with E-state index >= 15 is 0 Å². The Labute approximate surface area is 290 Å². The zero-order chi connectivity index (χ0) is 35.3. The number of fused-ring (bicyclic) bond motifs is 1. The molecule has 0 aliphatic carbocycles. The number of nitrogens with one attached hydrogen (secondary N) is 2. The van der Waals surface area contributed by atoms with Gasteiger partial charge in [-0.3, -0.25) is 9.69 Å². The molecule has 1 heterocycles. The standard InChI is InChI=1S/C38H52N4O7/c1-26-22-42(27(2)25-43)37(44)34-21-31(40-38(45)39-30-12-17-33(47-6)18-13-30)14-19-35(34)49-28(3)9-7-8-20-48-36(26)24-41(4)23-29-10-15-32(46-5)16-11-29/h10-19,21,26-28,36,43H,7-9,20,22-25H2,1-6H3,(H2,39,40,45)/t26-,27+,28+,36-/m0/s1. The summed E-state index contributed by atoms with van der Waals surface area (Å²) in [7, 11) is 5.31. The average molecular weight is 677 g/mol. The van der Waals surface area contributed by atoms with Crippen LogP contribution in [0.5, 0.6) is 17.2 Å². The molecule has 3 amide bonds. The van der Waals surface area contributed by atoms with E-state index in [9.17, 15) is 14.7 Å². The fourth-order valence-electron chi connectivity index (χ4n) is 5.85. The highest BCUT2D eigenvalue weighted by Crippen LogP contribution is 2.29. The topological polar surface area (TPSA) is 122 Å². The second kappa shape index (κ2) is 18.4. The van der Waals surface area contributed by atoms with Crippen LogP contribution >= 0.6 is 0 Å². The Morgan fingerprint density at radius 2 is 1.61 bits per heavy atom. The van der Waals surface area contributed by atoms with Gasteiger partial charge >= 0.3 is 6.03 Å². The van der Waals surface area contributed by atoms with Gasteiger partial charge in [0.25, 0.3) is 5.91 Å². The molecule has 0 saturated carbocycles. The van der Waals surface area contributed by atoms with Crippen LogP contribution in [0, 0.1) is 5.92 Å². The lowest BCUT2D eigenvalue weighted by Crippen LogP contribution is -2.47. The Hall–Kier alpha value is -4.32. The highest BCUT2D eigenvalue weighted by Gasteiger charge is 2.30. The number of anilines is 2. The maximum absolute atomic E-state index is 14.4. The van der Waals surface area contributed by atoms with Crippen LogP contribution in [0.1, 0.15) is 56.0 Å². The van der Waals surface area contributed by atoms with Gasteiger partial charge in [0, 0.05) is 43.5 Å². The minimum atomic E-state index is -0.471. The number of ether oxygens (including phenoxy) is 4. The molecule has 266 valence electrons. The molecule has 1 aliphatic rings. The fourth-order valence-corrected chi connectivity index (χ4v) is 5.85. The minimum Gasteiger partial charge on any atom is -0.497 e. The van der Waals surface area contributed by atoms with E-state index in [0.717, 1.165) is 37.1 Å². The SMILES string of the molecule is COc1ccc(CN(C)C[C@@H]2OCCCC[C@@H](C)Oc3ccc(NC(=O)Nc4ccc(OC)cc4)cc3C(=O)N([C@H](C)CO)C[C@@H]2C)cc1. The Morgan fingerprint density at radius 1 is 0.980 bits per heavy atom. The van der Waals surface area contributed by atoms with E-state index in [-0.39, 0.29) is 30.6 Å². The first-order chi connectivity index (χ1) is 23.6. The van der Waals surface area contributed by atoms with Gasteiger partial charge in [-0.25, -0.2) is 4.79 Å². The number of nitrogens with zero attached hydrogens (tertiary/aromatic N) is 2. The van der Waals surface area contributed by atoms with Crippen molar-refractivity contribution >= 4 is 23.3 Å². The van der Waals surface area contributed by atoms with E-state index in [1.807, 2.05) is 26.0 Å². The third-order valence-corrected chi connectivity index (χ3v) is 8.76. The number of rotatable bonds is 10. The molecule has 0 aromatic heterocycles. The van der Waals surface area contributed by atoms with Gasteiger partial charge in [0.1, 0.15) is 17.2 Å². The lowest BCUT2D eigenvalue weighted by molar-refractivity contribution is -0.0177. The quantitative estimate of drug-likeness (QED) is 0.230. The molecule has 0 spiro atoms. The summed E-state index contributed by atoms with van der Waals surface area (Å²) in [5.41, 5.74) is 2.50. The van der Waals surface area contributed by atoms with E-state index in [4.69, 9.17) is 18.9 Å². The number of aliphatic hydroxyl groups is 1. The summed E-state index contributed by atoms with van der Waals surface area (Å²) in [5, 5.41) is 15.9. The van der Waals surface area contributed by atoms with Gasteiger partial charge < -0.3 is 39.6 Å². The van der Waals surface area contributed by atoms with E-state index in [0.29, 0.717) is 48.1 Å². The minimum absolute atomic E-state index is 0.0564. The third-order valence-electron chi connectivity index (χ3n) is 8.76. The smallest absolute Gasteiger partial charge is 0.323 e. The maximum Gasteiger partial charge on any atom is 0.323 e. The number of amides is 3. The Morgan fingerprint density at radius 3 is 2.27 bits per heavy atom. The van der Waals surface area contributed by atoms with Crippen LogP contribution in [0.4, 0.5) is 16.2 Å². The molecule has 0 fully saturated rings. The molecule has 1 aliphatic heterocycles. The number of carbonyl (C=O) groups is 2. The first-order valence-corrected chi connectivity index (χ1v) is 17.0. The molecule has 0 bridgehead atoms. The predicted octanol–water partition coefficient (Wildman–Crippen LogP) is 6.28. The fraction of sp³-hybridized carbons (Fsp3) is 0.474. The van der Waals surface area contributed by atoms with Crippen LogP contribution in [-0.4, -0.2) is 92.7 Å². The number of aliphatic hydroxyl groups excluding tert-OH is 1. The lowest BCUT2D eigenvalue weighted by atomic mass is 10.0. The summed E-state index contributed by atoms with van der Waals surface area (Å²) in [6, 6.07) is 19.2. The zero-order valence-electron chi connectivity index (χ0n) is 29.6. The van der Waals surface area contributed by atoms with Crippen LogP contribution < -0.4 is 24.8 Å². The van der Waals surface area contributed by atoms with Crippen molar-refractivity contribution in [3.05, 3.63) is 77.9 Å². The molecule has 3 N–H and O–H groups in total. The van der Waals surface area contributed by atoms with Crippen LogP contribution in [-0.2, 0) is 11.3 Å². The molecule has 3 aromatic rings. The summed E-state index contributed by atoms with van der Waals surface area (Å²) in [4.78, 5) is 31.2. The van der Waals surface area contributed by atoms with Gasteiger partial charge in [0.2, 0.25) is 0 Å². The van der Waals surface area contributed by atoms with Gasteiger partial charge in [-0.05, 0) is 100 Å². The monoisotopic (exact) mass is 676 g/mol. The maximum atomic E-state index is 14.4. The van der Waals surface area contributed by atoms with E-state index < -0.39 is 12.1 Å². The van der Waals surface area contributed by atoms with E-state index in [1.54, 1.807) is 61.6 Å². The molecule has 4 atom stereocenters. The van der Waals surface area contributed by atoms with E-state index in [2.05, 4.69) is 41.6 Å². The second-order valence-electron chi connectivity index (χ2n) is 12.9. The first kappa shape index (κ1) is 37.5. The highest BCUT2D eigenvalue weighted by molar-refractivity contribution is 6.02. The van der Waals surface area contributed by atoms with Crippen molar-refractivity contribution in [2.24, 2.45) is 5.92 Å².